The summed E-state index contributed by atoms with van der Waals surface area (Å²) in [5.41, 5.74) is 7.41. The van der Waals surface area contributed by atoms with Gasteiger partial charge in [0.1, 0.15) is 0 Å². The zero-order chi connectivity index (χ0) is 10.1. The summed E-state index contributed by atoms with van der Waals surface area (Å²) in [6.07, 6.45) is 3.45. The average Bonchev–Trinajstić information content (AvgIpc) is 2.59. The summed E-state index contributed by atoms with van der Waals surface area (Å²) in [4.78, 5) is 3.96. The van der Waals surface area contributed by atoms with Crippen molar-refractivity contribution in [2.75, 3.05) is 6.61 Å². The zero-order valence-electron chi connectivity index (χ0n) is 7.39. The number of aromatic nitrogens is 2. The van der Waals surface area contributed by atoms with Crippen LogP contribution in [0, 0.1) is 0 Å². The van der Waals surface area contributed by atoms with Crippen LogP contribution in [0.5, 0.6) is 0 Å². The van der Waals surface area contributed by atoms with E-state index in [4.69, 9.17) is 22.4 Å². The molecule has 0 saturated carbocycles. The van der Waals surface area contributed by atoms with Crippen molar-refractivity contribution in [3.05, 3.63) is 35.4 Å². The second-order valence-corrected chi connectivity index (χ2v) is 3.37. The van der Waals surface area contributed by atoms with Gasteiger partial charge >= 0.3 is 0 Å². The number of aliphatic hydroxyl groups excluding tert-OH is 1. The van der Waals surface area contributed by atoms with E-state index in [1.807, 2.05) is 12.1 Å². The Morgan fingerprint density at radius 1 is 1.64 bits per heavy atom. The van der Waals surface area contributed by atoms with Crippen molar-refractivity contribution in [2.24, 2.45) is 5.73 Å². The predicted molar refractivity (Wildman–Crippen MR) is 54.2 cm³/mol. The second kappa shape index (κ2) is 3.57. The first-order valence-corrected chi connectivity index (χ1v) is 4.59. The summed E-state index contributed by atoms with van der Waals surface area (Å²) >= 11 is 5.84. The number of aliphatic hydroxyl groups is 1. The van der Waals surface area contributed by atoms with Gasteiger partial charge in [-0.15, -0.1) is 0 Å². The van der Waals surface area contributed by atoms with Gasteiger partial charge in [0.25, 0.3) is 0 Å². The molecule has 0 radical (unpaired) electrons. The van der Waals surface area contributed by atoms with Crippen LogP contribution in [0.15, 0.2) is 24.5 Å². The van der Waals surface area contributed by atoms with Crippen LogP contribution in [-0.2, 0) is 0 Å². The molecule has 2 aromatic heterocycles. The molecule has 4 nitrogen and oxygen atoms in total. The lowest BCUT2D eigenvalue weighted by Crippen LogP contribution is -2.15. The van der Waals surface area contributed by atoms with Gasteiger partial charge in [0.05, 0.1) is 24.4 Å². The van der Waals surface area contributed by atoms with Crippen LogP contribution in [-0.4, -0.2) is 21.1 Å². The first kappa shape index (κ1) is 9.45. The molecule has 5 heteroatoms. The van der Waals surface area contributed by atoms with Crippen molar-refractivity contribution in [1.82, 2.24) is 9.38 Å². The van der Waals surface area contributed by atoms with Crippen molar-refractivity contribution in [1.29, 1.82) is 0 Å². The van der Waals surface area contributed by atoms with E-state index in [-0.39, 0.29) is 6.61 Å². The molecular weight excluding hydrogens is 202 g/mol. The molecule has 3 N–H and O–H groups in total. The normalized spacial score (nSPS) is 13.4. The van der Waals surface area contributed by atoms with Gasteiger partial charge in [0.2, 0.25) is 5.28 Å². The number of halogens is 1. The largest absolute Gasteiger partial charge is 0.394 e. The number of hydrogen-bond donors (Lipinski definition) is 2. The predicted octanol–water partition coefficient (Wildman–Crippen LogP) is 0.980. The van der Waals surface area contributed by atoms with E-state index in [2.05, 4.69) is 4.98 Å². The lowest BCUT2D eigenvalue weighted by molar-refractivity contribution is 0.268. The molecule has 0 aromatic carbocycles. The highest BCUT2D eigenvalue weighted by atomic mass is 35.5. The minimum atomic E-state index is -0.397. The van der Waals surface area contributed by atoms with Crippen molar-refractivity contribution < 1.29 is 5.11 Å². The van der Waals surface area contributed by atoms with Crippen molar-refractivity contribution >= 4 is 17.1 Å². The van der Waals surface area contributed by atoms with E-state index < -0.39 is 6.04 Å². The van der Waals surface area contributed by atoms with Gasteiger partial charge in [-0.3, -0.25) is 4.40 Å². The van der Waals surface area contributed by atoms with E-state index in [0.29, 0.717) is 5.28 Å². The van der Waals surface area contributed by atoms with Crippen LogP contribution in [0.3, 0.4) is 0 Å². The third kappa shape index (κ3) is 1.37. The summed E-state index contributed by atoms with van der Waals surface area (Å²) in [7, 11) is 0. The SMILES string of the molecule is NC(CO)c1cccn2c(Cl)ncc12. The van der Waals surface area contributed by atoms with Crippen LogP contribution < -0.4 is 5.73 Å². The third-order valence-electron chi connectivity index (χ3n) is 2.15. The number of hydrogen-bond acceptors (Lipinski definition) is 3. The molecule has 1 atom stereocenters. The first-order chi connectivity index (χ1) is 6.74. The van der Waals surface area contributed by atoms with Crippen molar-refractivity contribution in [3.63, 3.8) is 0 Å². The van der Waals surface area contributed by atoms with Gasteiger partial charge in [-0.05, 0) is 23.2 Å². The van der Waals surface area contributed by atoms with Gasteiger partial charge in [-0.1, -0.05) is 6.07 Å². The Kier molecular flexibility index (Phi) is 2.41. The lowest BCUT2D eigenvalue weighted by Gasteiger charge is -2.09. The molecule has 2 rings (SSSR count). The molecule has 0 bridgehead atoms. The molecule has 2 heterocycles. The molecule has 0 saturated heterocycles. The molecule has 0 fully saturated rings. The van der Waals surface area contributed by atoms with Gasteiger partial charge in [0.15, 0.2) is 0 Å². The minimum Gasteiger partial charge on any atom is -0.394 e. The van der Waals surface area contributed by atoms with E-state index in [1.54, 1.807) is 16.8 Å². The fourth-order valence-corrected chi connectivity index (χ4v) is 1.62. The topological polar surface area (TPSA) is 63.5 Å². The lowest BCUT2D eigenvalue weighted by atomic mass is 10.1. The van der Waals surface area contributed by atoms with E-state index in [9.17, 15) is 0 Å². The Balaban J connectivity index is 2.65. The maximum Gasteiger partial charge on any atom is 0.207 e. The Morgan fingerprint density at radius 2 is 2.43 bits per heavy atom. The Hall–Kier alpha value is -1.10. The van der Waals surface area contributed by atoms with Crippen LogP contribution in [0.25, 0.3) is 5.52 Å². The van der Waals surface area contributed by atoms with Crippen LogP contribution >= 0.6 is 11.6 Å². The van der Waals surface area contributed by atoms with E-state index in [1.165, 1.54) is 0 Å². The molecular formula is C9H10ClN3O. The molecule has 0 spiro atoms. The van der Waals surface area contributed by atoms with Crippen molar-refractivity contribution in [2.45, 2.75) is 6.04 Å². The third-order valence-corrected chi connectivity index (χ3v) is 2.43. The number of nitrogens with zero attached hydrogens (tertiary/aromatic N) is 2. The maximum atomic E-state index is 8.97. The molecule has 74 valence electrons. The number of nitrogens with two attached hydrogens (primary N) is 1. The van der Waals surface area contributed by atoms with Crippen LogP contribution in [0.4, 0.5) is 0 Å². The maximum absolute atomic E-state index is 8.97. The van der Waals surface area contributed by atoms with Crippen LogP contribution in [0.2, 0.25) is 5.28 Å². The number of fused-ring (bicyclic) bond motifs is 1. The van der Waals surface area contributed by atoms with Crippen LogP contribution in [0.1, 0.15) is 11.6 Å². The standard InChI is InChI=1S/C9H10ClN3O/c10-9-12-4-8-6(7(11)5-14)2-1-3-13(8)9/h1-4,7,14H,5,11H2. The summed E-state index contributed by atoms with van der Waals surface area (Å²) < 4.78 is 1.73. The molecule has 14 heavy (non-hydrogen) atoms. The monoisotopic (exact) mass is 211 g/mol. The summed E-state index contributed by atoms with van der Waals surface area (Å²) in [5.74, 6) is 0. The smallest absolute Gasteiger partial charge is 0.207 e. The Labute approximate surface area is 85.9 Å². The molecule has 0 aliphatic heterocycles. The first-order valence-electron chi connectivity index (χ1n) is 4.22. The highest BCUT2D eigenvalue weighted by Gasteiger charge is 2.10. The van der Waals surface area contributed by atoms with Gasteiger partial charge < -0.3 is 10.8 Å². The highest BCUT2D eigenvalue weighted by molar-refractivity contribution is 6.28. The molecule has 0 amide bonds. The molecule has 0 aliphatic carbocycles. The quantitative estimate of drug-likeness (QED) is 0.779. The van der Waals surface area contributed by atoms with Crippen molar-refractivity contribution in [3.8, 4) is 0 Å². The minimum absolute atomic E-state index is 0.0948. The van der Waals surface area contributed by atoms with Gasteiger partial charge in [0, 0.05) is 6.20 Å². The van der Waals surface area contributed by atoms with E-state index in [0.717, 1.165) is 11.1 Å². The molecule has 2 aromatic rings. The average molecular weight is 212 g/mol. The van der Waals surface area contributed by atoms with Gasteiger partial charge in [-0.25, -0.2) is 4.98 Å². The molecule has 0 aliphatic rings. The number of rotatable bonds is 2. The number of pyridine rings is 1. The summed E-state index contributed by atoms with van der Waals surface area (Å²) in [6.45, 7) is -0.0948. The highest BCUT2D eigenvalue weighted by Crippen LogP contribution is 2.19. The number of imidazole rings is 1. The second-order valence-electron chi connectivity index (χ2n) is 3.04. The molecule has 1 unspecified atom stereocenters. The summed E-state index contributed by atoms with van der Waals surface area (Å²) in [6, 6.07) is 3.28. The summed E-state index contributed by atoms with van der Waals surface area (Å²) in [5, 5.41) is 9.36. The van der Waals surface area contributed by atoms with E-state index >= 15 is 0 Å². The van der Waals surface area contributed by atoms with Gasteiger partial charge in [-0.2, -0.15) is 0 Å². The Bertz CT molecular complexity index is 454. The fraction of sp³-hybridized carbons (Fsp3) is 0.222. The zero-order valence-corrected chi connectivity index (χ0v) is 8.15. The Morgan fingerprint density at radius 3 is 3.14 bits per heavy atom. The fourth-order valence-electron chi connectivity index (χ4n) is 1.42.